The molecule has 2 heterocycles. The smallest absolute Gasteiger partial charge is 0.337 e. The predicted octanol–water partition coefficient (Wildman–Crippen LogP) is 2.34. The molecule has 2 aliphatic rings. The highest BCUT2D eigenvalue weighted by Gasteiger charge is 2.42. The largest absolute Gasteiger partial charge is 0.488 e. The summed E-state index contributed by atoms with van der Waals surface area (Å²) in [6, 6.07) is 6.96. The second-order valence-electron chi connectivity index (χ2n) is 8.10. The Labute approximate surface area is 171 Å². The van der Waals surface area contributed by atoms with Gasteiger partial charge in [0, 0.05) is 32.4 Å². The van der Waals surface area contributed by atoms with E-state index in [4.69, 9.17) is 9.47 Å². The van der Waals surface area contributed by atoms with Crippen molar-refractivity contribution in [2.24, 2.45) is 11.8 Å². The van der Waals surface area contributed by atoms with Gasteiger partial charge in [0.05, 0.1) is 30.8 Å². The number of aromatic nitrogens is 2. The molecule has 7 heteroatoms. The maximum atomic E-state index is 11.7. The quantitative estimate of drug-likeness (QED) is 0.752. The lowest BCUT2D eigenvalue weighted by Crippen LogP contribution is -2.42. The molecule has 2 fully saturated rings. The number of imidazole rings is 1. The Morgan fingerprint density at radius 3 is 2.83 bits per heavy atom. The van der Waals surface area contributed by atoms with Crippen LogP contribution < -0.4 is 4.74 Å². The molecule has 0 bridgehead atoms. The number of carbonyl (C=O) groups excluding carboxylic acids is 1. The molecule has 1 N–H and O–H groups in total. The van der Waals surface area contributed by atoms with Crippen molar-refractivity contribution in [2.75, 3.05) is 20.2 Å². The Morgan fingerprint density at radius 2 is 2.07 bits per heavy atom. The number of carbonyl (C=O) groups is 1. The summed E-state index contributed by atoms with van der Waals surface area (Å²) in [5, 5.41) is 10.7. The molecule has 1 saturated carbocycles. The van der Waals surface area contributed by atoms with Crippen LogP contribution in [0, 0.1) is 11.8 Å². The van der Waals surface area contributed by atoms with Crippen LogP contribution in [0.3, 0.4) is 0 Å². The second-order valence-corrected chi connectivity index (χ2v) is 8.10. The molecule has 0 radical (unpaired) electrons. The number of benzene rings is 1. The minimum atomic E-state index is -0.501. The second kappa shape index (κ2) is 8.55. The first kappa shape index (κ1) is 19.9. The molecule has 1 aliphatic heterocycles. The molecule has 4 rings (SSSR count). The molecule has 7 nitrogen and oxygen atoms in total. The average molecular weight is 399 g/mol. The number of hydrogen-bond acceptors (Lipinski definition) is 6. The minimum absolute atomic E-state index is 0.259. The molecular formula is C22H29N3O4. The summed E-state index contributed by atoms with van der Waals surface area (Å²) in [7, 11) is 1.36. The first-order chi connectivity index (χ1) is 14.1. The Morgan fingerprint density at radius 1 is 1.28 bits per heavy atom. The molecule has 1 aromatic heterocycles. The van der Waals surface area contributed by atoms with Crippen LogP contribution in [0.1, 0.15) is 35.8 Å². The zero-order chi connectivity index (χ0) is 20.4. The third kappa shape index (κ3) is 4.31. The number of methoxy groups -OCH3 is 1. The molecule has 156 valence electrons. The number of rotatable bonds is 6. The number of likely N-dealkylation sites (tertiary alicyclic amines) is 1. The number of nitrogens with zero attached hydrogens (tertiary/aromatic N) is 3. The third-order valence-electron chi connectivity index (χ3n) is 6.23. The van der Waals surface area contributed by atoms with Gasteiger partial charge in [-0.2, -0.15) is 0 Å². The van der Waals surface area contributed by atoms with Gasteiger partial charge in [0.2, 0.25) is 0 Å². The molecule has 2 aromatic rings. The molecule has 0 amide bonds. The predicted molar refractivity (Wildman–Crippen MR) is 108 cm³/mol. The number of fused-ring (bicyclic) bond motifs is 1. The van der Waals surface area contributed by atoms with Crippen molar-refractivity contribution < 1.29 is 19.4 Å². The van der Waals surface area contributed by atoms with E-state index in [-0.39, 0.29) is 6.10 Å². The molecule has 0 unspecified atom stereocenters. The highest BCUT2D eigenvalue weighted by atomic mass is 16.5. The van der Waals surface area contributed by atoms with Crippen LogP contribution in [-0.2, 0) is 17.8 Å². The van der Waals surface area contributed by atoms with E-state index in [9.17, 15) is 9.90 Å². The summed E-state index contributed by atoms with van der Waals surface area (Å²) < 4.78 is 13.1. The van der Waals surface area contributed by atoms with E-state index in [1.165, 1.54) is 12.8 Å². The van der Waals surface area contributed by atoms with Crippen molar-refractivity contribution in [1.82, 2.24) is 14.5 Å². The van der Waals surface area contributed by atoms with Crippen LogP contribution in [0.25, 0.3) is 0 Å². The lowest BCUT2D eigenvalue weighted by atomic mass is 9.78. The molecule has 1 aromatic carbocycles. The van der Waals surface area contributed by atoms with Crippen LogP contribution >= 0.6 is 0 Å². The average Bonchev–Trinajstić information content (AvgIpc) is 3.33. The maximum absolute atomic E-state index is 11.7. The number of aryl methyl sites for hydroxylation is 1. The van der Waals surface area contributed by atoms with Crippen LogP contribution in [0.4, 0.5) is 0 Å². The Balaban J connectivity index is 1.39. The van der Waals surface area contributed by atoms with E-state index in [2.05, 4.69) is 21.4 Å². The van der Waals surface area contributed by atoms with E-state index in [1.807, 2.05) is 18.6 Å². The van der Waals surface area contributed by atoms with Crippen molar-refractivity contribution in [3.8, 4) is 5.75 Å². The Kier molecular flexibility index (Phi) is 5.87. The molecule has 1 saturated heterocycles. The number of hydrogen-bond donors (Lipinski definition) is 1. The van der Waals surface area contributed by atoms with Gasteiger partial charge in [-0.1, -0.05) is 6.07 Å². The van der Waals surface area contributed by atoms with E-state index in [0.717, 1.165) is 39.0 Å². The summed E-state index contributed by atoms with van der Waals surface area (Å²) in [6.45, 7) is 5.96. The van der Waals surface area contributed by atoms with E-state index >= 15 is 0 Å². The molecule has 29 heavy (non-hydrogen) atoms. The van der Waals surface area contributed by atoms with Gasteiger partial charge in [-0.25, -0.2) is 9.78 Å². The number of esters is 1. The fraction of sp³-hybridized carbons (Fsp3) is 0.545. The van der Waals surface area contributed by atoms with E-state index in [1.54, 1.807) is 18.2 Å². The van der Waals surface area contributed by atoms with Gasteiger partial charge in [0.15, 0.2) is 0 Å². The SMILES string of the molecule is CCn1cncc1CN1C[C@H]2C[C@@H](Oc3cccc(C(=O)OC)c3)[C@H](O)C[C@H]2C1. The number of aliphatic hydroxyl groups excluding tert-OH is 1. The molecule has 4 atom stereocenters. The fourth-order valence-electron chi connectivity index (χ4n) is 4.73. The van der Waals surface area contributed by atoms with Crippen LogP contribution in [-0.4, -0.2) is 57.9 Å². The summed E-state index contributed by atoms with van der Waals surface area (Å²) >= 11 is 0. The van der Waals surface area contributed by atoms with Crippen molar-refractivity contribution in [2.45, 2.75) is 45.1 Å². The van der Waals surface area contributed by atoms with Crippen LogP contribution in [0.5, 0.6) is 5.75 Å². The van der Waals surface area contributed by atoms with Crippen LogP contribution in [0.15, 0.2) is 36.8 Å². The zero-order valence-electron chi connectivity index (χ0n) is 17.0. The molecule has 1 aliphatic carbocycles. The van der Waals surface area contributed by atoms with E-state index < -0.39 is 12.1 Å². The van der Waals surface area contributed by atoms with Crippen molar-refractivity contribution in [3.05, 3.63) is 48.0 Å². The minimum Gasteiger partial charge on any atom is -0.488 e. The fourth-order valence-corrected chi connectivity index (χ4v) is 4.73. The van der Waals surface area contributed by atoms with E-state index in [0.29, 0.717) is 23.1 Å². The van der Waals surface area contributed by atoms with Gasteiger partial charge < -0.3 is 19.1 Å². The number of ether oxygens (including phenoxy) is 2. The monoisotopic (exact) mass is 399 g/mol. The maximum Gasteiger partial charge on any atom is 0.337 e. The highest BCUT2D eigenvalue weighted by Crippen LogP contribution is 2.38. The van der Waals surface area contributed by atoms with Crippen molar-refractivity contribution in [1.29, 1.82) is 0 Å². The van der Waals surface area contributed by atoms with Gasteiger partial charge in [0.1, 0.15) is 11.9 Å². The first-order valence-electron chi connectivity index (χ1n) is 10.3. The summed E-state index contributed by atoms with van der Waals surface area (Å²) in [6.07, 6.45) is 4.63. The van der Waals surface area contributed by atoms with Gasteiger partial charge in [0.25, 0.3) is 0 Å². The summed E-state index contributed by atoms with van der Waals surface area (Å²) in [4.78, 5) is 18.5. The number of aliphatic hydroxyl groups is 1. The molecular weight excluding hydrogens is 370 g/mol. The topological polar surface area (TPSA) is 76.8 Å². The molecule has 0 spiro atoms. The normalized spacial score (nSPS) is 26.9. The first-order valence-corrected chi connectivity index (χ1v) is 10.3. The third-order valence-corrected chi connectivity index (χ3v) is 6.23. The van der Waals surface area contributed by atoms with Crippen molar-refractivity contribution in [3.63, 3.8) is 0 Å². The van der Waals surface area contributed by atoms with Gasteiger partial charge in [-0.3, -0.25) is 4.90 Å². The summed E-state index contributed by atoms with van der Waals surface area (Å²) in [5.41, 5.74) is 1.69. The van der Waals surface area contributed by atoms with Gasteiger partial charge in [-0.05, 0) is 49.8 Å². The summed E-state index contributed by atoms with van der Waals surface area (Å²) in [5.74, 6) is 1.20. The highest BCUT2D eigenvalue weighted by molar-refractivity contribution is 5.89. The van der Waals surface area contributed by atoms with Crippen molar-refractivity contribution >= 4 is 5.97 Å². The lowest BCUT2D eigenvalue weighted by molar-refractivity contribution is -0.0231. The lowest BCUT2D eigenvalue weighted by Gasteiger charge is -2.35. The standard InChI is InChI=1S/C22H29N3O4/c1-3-25-14-23-10-18(25)13-24-11-16-8-20(26)21(9-17(16)12-24)29-19-6-4-5-15(7-19)22(27)28-2/h4-7,10,14,16-17,20-21,26H,3,8-9,11-13H2,1-2H3/t16-,17+,20+,21+/m0/s1. The zero-order valence-corrected chi connectivity index (χ0v) is 17.0. The Hall–Kier alpha value is -2.38. The Bertz CT molecular complexity index is 852. The van der Waals surface area contributed by atoms with Gasteiger partial charge >= 0.3 is 5.97 Å². The van der Waals surface area contributed by atoms with Gasteiger partial charge in [-0.15, -0.1) is 0 Å². The van der Waals surface area contributed by atoms with Crippen LogP contribution in [0.2, 0.25) is 0 Å².